The van der Waals surface area contributed by atoms with E-state index in [1.54, 1.807) is 0 Å². The molecule has 21 heavy (non-hydrogen) atoms. The Kier molecular flexibility index (Phi) is 4.53. The van der Waals surface area contributed by atoms with Gasteiger partial charge in [-0.1, -0.05) is 0 Å². The summed E-state index contributed by atoms with van der Waals surface area (Å²) in [6.07, 6.45) is 1.39. The van der Waals surface area contributed by atoms with Gasteiger partial charge in [-0.25, -0.2) is 4.98 Å². The molecule has 1 aromatic heterocycles. The van der Waals surface area contributed by atoms with E-state index in [9.17, 15) is 4.79 Å². The number of aromatic nitrogens is 1. The lowest BCUT2D eigenvalue weighted by Gasteiger charge is -2.04. The highest BCUT2D eigenvalue weighted by molar-refractivity contribution is 7.10. The number of nitrogens with one attached hydrogen (secondary N) is 2. The summed E-state index contributed by atoms with van der Waals surface area (Å²) in [5.74, 6) is -0.288. The number of thiazole rings is 1. The van der Waals surface area contributed by atoms with Crippen LogP contribution in [0, 0.1) is 18.3 Å². The van der Waals surface area contributed by atoms with Crippen molar-refractivity contribution in [3.63, 3.8) is 0 Å². The number of carbonyl (C=O) groups excluding carboxylic acids is 1. The molecule has 0 atom stereocenters. The number of nitriles is 1. The summed E-state index contributed by atoms with van der Waals surface area (Å²) in [7, 11) is 0. The van der Waals surface area contributed by atoms with E-state index in [0.29, 0.717) is 16.1 Å². The van der Waals surface area contributed by atoms with Gasteiger partial charge in [0, 0.05) is 22.8 Å². The molecule has 1 heterocycles. The van der Waals surface area contributed by atoms with Crippen LogP contribution in [0.2, 0.25) is 0 Å². The minimum Gasteiger partial charge on any atom is -0.508 e. The van der Waals surface area contributed by atoms with Gasteiger partial charge in [0.05, 0.1) is 0 Å². The third kappa shape index (κ3) is 3.81. The maximum atomic E-state index is 11.8. The second kappa shape index (κ2) is 6.54. The van der Waals surface area contributed by atoms with Crippen LogP contribution in [0.15, 0.2) is 35.8 Å². The lowest BCUT2D eigenvalue weighted by atomic mass is 10.2. The van der Waals surface area contributed by atoms with Crippen LogP contribution in [0.3, 0.4) is 0 Å². The lowest BCUT2D eigenvalue weighted by Crippen LogP contribution is -2.33. The van der Waals surface area contributed by atoms with E-state index in [4.69, 9.17) is 10.4 Å². The van der Waals surface area contributed by atoms with Gasteiger partial charge in [-0.05, 0) is 31.2 Å². The fraction of sp³-hybridized carbons (Fsp3) is 0.0714. The Morgan fingerprint density at radius 1 is 1.43 bits per heavy atom. The number of hydrogen-bond acceptors (Lipinski definition) is 6. The molecule has 0 fully saturated rings. The molecule has 0 bridgehead atoms. The molecule has 2 rings (SSSR count). The monoisotopic (exact) mass is 300 g/mol. The first-order valence-corrected chi connectivity index (χ1v) is 6.86. The number of phenolic OH excluding ortho intramolecular Hbond substituents is 1. The Morgan fingerprint density at radius 2 is 2.14 bits per heavy atom. The Labute approximate surface area is 125 Å². The average molecular weight is 300 g/mol. The highest BCUT2D eigenvalue weighted by Crippen LogP contribution is 2.17. The van der Waals surface area contributed by atoms with Crippen molar-refractivity contribution in [2.24, 2.45) is 0 Å². The summed E-state index contributed by atoms with van der Waals surface area (Å²) in [5, 5.41) is 20.6. The minimum atomic E-state index is -0.376. The van der Waals surface area contributed by atoms with Crippen molar-refractivity contribution < 1.29 is 9.90 Å². The molecule has 0 aliphatic carbocycles. The van der Waals surface area contributed by atoms with Crippen LogP contribution in [-0.2, 0) is 0 Å². The number of hydrogen-bond donors (Lipinski definition) is 3. The number of hydrazine groups is 1. The van der Waals surface area contributed by atoms with Gasteiger partial charge < -0.3 is 10.5 Å². The van der Waals surface area contributed by atoms with Gasteiger partial charge in [-0.2, -0.15) is 5.26 Å². The molecular formula is C14H12N4O2S. The zero-order chi connectivity index (χ0) is 15.2. The van der Waals surface area contributed by atoms with Crippen molar-refractivity contribution in [1.82, 2.24) is 15.8 Å². The quantitative estimate of drug-likeness (QED) is 0.592. The smallest absolute Gasteiger partial charge is 0.269 e. The first kappa shape index (κ1) is 14.6. The molecular weight excluding hydrogens is 288 g/mol. The molecule has 0 radical (unpaired) electrons. The van der Waals surface area contributed by atoms with Crippen molar-refractivity contribution >= 4 is 22.8 Å². The van der Waals surface area contributed by atoms with Crippen molar-refractivity contribution in [3.8, 4) is 11.8 Å². The largest absolute Gasteiger partial charge is 0.508 e. The number of aromatic hydroxyl groups is 1. The third-order valence-corrected chi connectivity index (χ3v) is 3.49. The highest BCUT2D eigenvalue weighted by atomic mass is 32.1. The number of aryl methyl sites for hydroxylation is 1. The Hall–Kier alpha value is -2.85. The summed E-state index contributed by atoms with van der Waals surface area (Å²) in [6.45, 7) is 1.84. The molecule has 6 nitrogen and oxygen atoms in total. The number of phenols is 1. The molecule has 0 aliphatic heterocycles. The maximum absolute atomic E-state index is 11.8. The Morgan fingerprint density at radius 3 is 2.71 bits per heavy atom. The molecule has 0 saturated carbocycles. The van der Waals surface area contributed by atoms with Gasteiger partial charge in [0.15, 0.2) is 0 Å². The van der Waals surface area contributed by atoms with Crippen molar-refractivity contribution in [2.75, 3.05) is 0 Å². The number of benzene rings is 1. The van der Waals surface area contributed by atoms with Crippen LogP contribution in [0.5, 0.6) is 5.75 Å². The molecule has 106 valence electrons. The molecule has 1 aromatic carbocycles. The standard InChI is InChI=1S/C14H12N4O2S/c1-9-8-21-14(17-9)11(6-15)7-16-18-13(20)10-2-4-12(19)5-3-10/h2-5,7-8,16,19H,1H3,(H,18,20)/b11-7+. The van der Waals surface area contributed by atoms with Crippen molar-refractivity contribution in [2.45, 2.75) is 6.92 Å². The number of carbonyl (C=O) groups is 1. The Balaban J connectivity index is 1.99. The number of nitrogens with zero attached hydrogens (tertiary/aromatic N) is 2. The van der Waals surface area contributed by atoms with Crippen LogP contribution in [-0.4, -0.2) is 16.0 Å². The third-order valence-electron chi connectivity index (χ3n) is 2.50. The zero-order valence-corrected chi connectivity index (χ0v) is 11.9. The fourth-order valence-electron chi connectivity index (χ4n) is 1.48. The minimum absolute atomic E-state index is 0.0883. The predicted molar refractivity (Wildman–Crippen MR) is 79.1 cm³/mol. The van der Waals surface area contributed by atoms with E-state index in [1.165, 1.54) is 41.8 Å². The molecule has 1 amide bonds. The van der Waals surface area contributed by atoms with Gasteiger partial charge >= 0.3 is 0 Å². The lowest BCUT2D eigenvalue weighted by molar-refractivity contribution is 0.0941. The summed E-state index contributed by atoms with van der Waals surface area (Å²) in [6, 6.07) is 7.84. The van der Waals surface area contributed by atoms with Gasteiger partial charge in [0.1, 0.15) is 22.4 Å². The van der Waals surface area contributed by atoms with E-state index in [0.717, 1.165) is 5.69 Å². The first-order chi connectivity index (χ1) is 10.1. The fourth-order valence-corrected chi connectivity index (χ4v) is 2.24. The number of allylic oxidation sites excluding steroid dienone is 1. The molecule has 0 saturated heterocycles. The van der Waals surface area contributed by atoms with Crippen LogP contribution in [0.25, 0.3) is 5.57 Å². The van der Waals surface area contributed by atoms with Gasteiger partial charge in [0.2, 0.25) is 0 Å². The second-order valence-electron chi connectivity index (χ2n) is 4.11. The van der Waals surface area contributed by atoms with Crippen molar-refractivity contribution in [1.29, 1.82) is 5.26 Å². The second-order valence-corrected chi connectivity index (χ2v) is 4.97. The molecule has 0 aliphatic rings. The topological polar surface area (TPSA) is 98.0 Å². The van der Waals surface area contributed by atoms with Crippen LogP contribution in [0.4, 0.5) is 0 Å². The summed E-state index contributed by atoms with van der Waals surface area (Å²) < 4.78 is 0. The van der Waals surface area contributed by atoms with Crippen LogP contribution in [0.1, 0.15) is 21.1 Å². The molecule has 0 unspecified atom stereocenters. The summed E-state index contributed by atoms with van der Waals surface area (Å²) >= 11 is 1.36. The zero-order valence-electron chi connectivity index (χ0n) is 11.1. The van der Waals surface area contributed by atoms with Crippen LogP contribution >= 0.6 is 11.3 Å². The predicted octanol–water partition coefficient (Wildman–Crippen LogP) is 1.96. The van der Waals surface area contributed by atoms with Gasteiger partial charge in [-0.3, -0.25) is 10.2 Å². The van der Waals surface area contributed by atoms with E-state index in [-0.39, 0.29) is 11.7 Å². The van der Waals surface area contributed by atoms with E-state index in [2.05, 4.69) is 15.8 Å². The van der Waals surface area contributed by atoms with Gasteiger partial charge in [0.25, 0.3) is 5.91 Å². The average Bonchev–Trinajstić information content (AvgIpc) is 2.90. The summed E-state index contributed by atoms with van der Waals surface area (Å²) in [4.78, 5) is 16.0. The number of amides is 1. The van der Waals surface area contributed by atoms with E-state index in [1.807, 2.05) is 18.4 Å². The van der Waals surface area contributed by atoms with Crippen LogP contribution < -0.4 is 10.9 Å². The van der Waals surface area contributed by atoms with Crippen molar-refractivity contribution in [3.05, 3.63) is 52.1 Å². The number of rotatable bonds is 4. The SMILES string of the molecule is Cc1csc(/C(C#N)=C/NNC(=O)c2ccc(O)cc2)n1. The first-order valence-electron chi connectivity index (χ1n) is 5.98. The molecule has 2 aromatic rings. The molecule has 7 heteroatoms. The molecule has 3 N–H and O–H groups in total. The van der Waals surface area contributed by atoms with Gasteiger partial charge in [-0.15, -0.1) is 11.3 Å². The molecule has 0 spiro atoms. The normalized spacial score (nSPS) is 10.8. The highest BCUT2D eigenvalue weighted by Gasteiger charge is 2.06. The van der Waals surface area contributed by atoms with E-state index < -0.39 is 0 Å². The maximum Gasteiger partial charge on any atom is 0.269 e. The Bertz CT molecular complexity index is 713. The van der Waals surface area contributed by atoms with E-state index >= 15 is 0 Å². The summed E-state index contributed by atoms with van der Waals surface area (Å²) in [5.41, 5.74) is 6.57.